The molecule has 1 rings (SSSR count). The van der Waals surface area contributed by atoms with E-state index < -0.39 is 0 Å². The minimum atomic E-state index is -0.247. The smallest absolute Gasteiger partial charge is 0.146 e. The Morgan fingerprint density at radius 1 is 1.36 bits per heavy atom. The lowest BCUT2D eigenvalue weighted by Gasteiger charge is -2.22. The first-order valence-corrected chi connectivity index (χ1v) is 4.69. The van der Waals surface area contributed by atoms with Crippen molar-refractivity contribution < 1.29 is 4.39 Å². The molecule has 0 aliphatic carbocycles. The topological polar surface area (TPSA) is 38.0 Å². The fourth-order valence-corrected chi connectivity index (χ4v) is 1.19. The molecule has 0 aliphatic rings. The fraction of sp³-hybridized carbons (Fsp3) is 0.455. The minimum absolute atomic E-state index is 0.134. The Bertz CT molecular complexity index is 316. The van der Waals surface area contributed by atoms with Crippen molar-refractivity contribution in [1.82, 2.24) is 0 Å². The first-order valence-electron chi connectivity index (χ1n) is 4.69. The number of nitrogens with one attached hydrogen (secondary N) is 1. The molecule has 3 N–H and O–H groups in total. The Morgan fingerprint density at radius 3 is 2.43 bits per heavy atom. The second-order valence-electron chi connectivity index (χ2n) is 4.39. The second kappa shape index (κ2) is 3.96. The first-order chi connectivity index (χ1) is 6.42. The van der Waals surface area contributed by atoms with Crippen LogP contribution in [0.5, 0.6) is 0 Å². The molecule has 78 valence electrons. The van der Waals surface area contributed by atoms with E-state index in [1.807, 2.05) is 26.8 Å². The predicted octanol–water partition coefficient (Wildman–Crippen LogP) is 2.49. The molecular weight excluding hydrogens is 179 g/mol. The minimum Gasteiger partial charge on any atom is -0.378 e. The number of benzene rings is 1. The Balaban J connectivity index is 2.89. The summed E-state index contributed by atoms with van der Waals surface area (Å²) < 4.78 is 13.4. The summed E-state index contributed by atoms with van der Waals surface area (Å²) in [5.41, 5.74) is 6.61. The lowest BCUT2D eigenvalue weighted by molar-refractivity contribution is 0.597. The predicted molar refractivity (Wildman–Crippen MR) is 57.7 cm³/mol. The van der Waals surface area contributed by atoms with E-state index in [9.17, 15) is 4.39 Å². The number of nitrogens with two attached hydrogens (primary N) is 1. The number of hydrogen-bond acceptors (Lipinski definition) is 2. The van der Waals surface area contributed by atoms with E-state index >= 15 is 0 Å². The highest BCUT2D eigenvalue weighted by atomic mass is 19.1. The average molecular weight is 196 g/mol. The Hall–Kier alpha value is -1.09. The van der Waals surface area contributed by atoms with Gasteiger partial charge in [-0.05, 0) is 38.5 Å². The molecule has 0 bridgehead atoms. The molecule has 14 heavy (non-hydrogen) atoms. The van der Waals surface area contributed by atoms with Gasteiger partial charge < -0.3 is 11.1 Å². The van der Waals surface area contributed by atoms with E-state index in [1.165, 1.54) is 6.07 Å². The molecule has 0 saturated carbocycles. The van der Waals surface area contributed by atoms with Crippen molar-refractivity contribution >= 4 is 5.69 Å². The van der Waals surface area contributed by atoms with Gasteiger partial charge in [0.15, 0.2) is 0 Å². The van der Waals surface area contributed by atoms with Crippen molar-refractivity contribution in [2.24, 2.45) is 5.73 Å². The van der Waals surface area contributed by atoms with Crippen LogP contribution in [0.25, 0.3) is 0 Å². The van der Waals surface area contributed by atoms with Crippen molar-refractivity contribution in [2.45, 2.75) is 32.9 Å². The highest BCUT2D eigenvalue weighted by molar-refractivity contribution is 5.47. The molecule has 0 spiro atoms. The van der Waals surface area contributed by atoms with Crippen molar-refractivity contribution in [3.8, 4) is 0 Å². The highest BCUT2D eigenvalue weighted by Crippen LogP contribution is 2.19. The van der Waals surface area contributed by atoms with Crippen LogP contribution in [0.15, 0.2) is 18.2 Å². The zero-order chi connectivity index (χ0) is 10.8. The zero-order valence-corrected chi connectivity index (χ0v) is 8.89. The summed E-state index contributed by atoms with van der Waals surface area (Å²) in [5.74, 6) is -0.247. The summed E-state index contributed by atoms with van der Waals surface area (Å²) in [6.07, 6.45) is 0. The number of halogens is 1. The third-order valence-electron chi connectivity index (χ3n) is 1.78. The van der Waals surface area contributed by atoms with E-state index in [1.54, 1.807) is 6.07 Å². The van der Waals surface area contributed by atoms with Crippen LogP contribution in [0.1, 0.15) is 26.3 Å². The lowest BCUT2D eigenvalue weighted by atomic mass is 10.1. The van der Waals surface area contributed by atoms with Gasteiger partial charge in [0.1, 0.15) is 5.82 Å². The SMILES string of the molecule is CC(C)(C)Nc1ccc(CN)cc1F. The van der Waals surface area contributed by atoms with Gasteiger partial charge in [0.05, 0.1) is 5.69 Å². The van der Waals surface area contributed by atoms with E-state index in [0.29, 0.717) is 12.2 Å². The molecule has 0 aliphatic heterocycles. The molecule has 0 fully saturated rings. The quantitative estimate of drug-likeness (QED) is 0.762. The van der Waals surface area contributed by atoms with Crippen LogP contribution in [-0.2, 0) is 6.54 Å². The van der Waals surface area contributed by atoms with Crippen LogP contribution < -0.4 is 11.1 Å². The largest absolute Gasteiger partial charge is 0.378 e. The number of rotatable bonds is 2. The molecule has 0 radical (unpaired) electrons. The van der Waals surface area contributed by atoms with Gasteiger partial charge in [-0.2, -0.15) is 0 Å². The normalized spacial score (nSPS) is 11.5. The van der Waals surface area contributed by atoms with Crippen LogP contribution in [0.4, 0.5) is 10.1 Å². The standard InChI is InChI=1S/C11H17FN2/c1-11(2,3)14-10-5-4-8(7-13)6-9(10)12/h4-6,14H,7,13H2,1-3H3. The van der Waals surface area contributed by atoms with Gasteiger partial charge in [0, 0.05) is 12.1 Å². The monoisotopic (exact) mass is 196 g/mol. The van der Waals surface area contributed by atoms with Crippen molar-refractivity contribution in [3.63, 3.8) is 0 Å². The highest BCUT2D eigenvalue weighted by Gasteiger charge is 2.12. The number of hydrogen-bond donors (Lipinski definition) is 2. The summed E-state index contributed by atoms with van der Waals surface area (Å²) in [6, 6.07) is 5.02. The van der Waals surface area contributed by atoms with Gasteiger partial charge in [-0.15, -0.1) is 0 Å². The van der Waals surface area contributed by atoms with Gasteiger partial charge in [-0.25, -0.2) is 4.39 Å². The van der Waals surface area contributed by atoms with Gasteiger partial charge in [-0.1, -0.05) is 6.07 Å². The Labute approximate surface area is 84.3 Å². The van der Waals surface area contributed by atoms with Gasteiger partial charge in [0.25, 0.3) is 0 Å². The summed E-state index contributed by atoms with van der Waals surface area (Å²) in [7, 11) is 0. The van der Waals surface area contributed by atoms with Gasteiger partial charge >= 0.3 is 0 Å². The van der Waals surface area contributed by atoms with E-state index in [-0.39, 0.29) is 11.4 Å². The summed E-state index contributed by atoms with van der Waals surface area (Å²) >= 11 is 0. The van der Waals surface area contributed by atoms with Crippen LogP contribution >= 0.6 is 0 Å². The molecule has 3 heteroatoms. The van der Waals surface area contributed by atoms with Gasteiger partial charge in [0.2, 0.25) is 0 Å². The summed E-state index contributed by atoms with van der Waals surface area (Å²) in [5, 5.41) is 3.08. The summed E-state index contributed by atoms with van der Waals surface area (Å²) in [6.45, 7) is 6.34. The zero-order valence-electron chi connectivity index (χ0n) is 8.89. The maximum atomic E-state index is 13.4. The van der Waals surface area contributed by atoms with Crippen LogP contribution in [0.2, 0.25) is 0 Å². The molecule has 0 aromatic heterocycles. The third kappa shape index (κ3) is 3.00. The lowest BCUT2D eigenvalue weighted by Crippen LogP contribution is -2.26. The molecule has 0 atom stereocenters. The molecule has 1 aromatic rings. The molecule has 0 saturated heterocycles. The molecule has 0 unspecified atom stereocenters. The van der Waals surface area contributed by atoms with E-state index in [2.05, 4.69) is 5.32 Å². The second-order valence-corrected chi connectivity index (χ2v) is 4.39. The third-order valence-corrected chi connectivity index (χ3v) is 1.78. The molecule has 1 aromatic carbocycles. The van der Waals surface area contributed by atoms with Crippen molar-refractivity contribution in [3.05, 3.63) is 29.6 Å². The molecule has 0 heterocycles. The Kier molecular flexibility index (Phi) is 3.11. The maximum Gasteiger partial charge on any atom is 0.146 e. The summed E-state index contributed by atoms with van der Waals surface area (Å²) in [4.78, 5) is 0. The van der Waals surface area contributed by atoms with Crippen molar-refractivity contribution in [1.29, 1.82) is 0 Å². The fourth-order valence-electron chi connectivity index (χ4n) is 1.19. The van der Waals surface area contributed by atoms with Crippen LogP contribution in [0, 0.1) is 5.82 Å². The van der Waals surface area contributed by atoms with Crippen LogP contribution in [-0.4, -0.2) is 5.54 Å². The van der Waals surface area contributed by atoms with Gasteiger partial charge in [-0.3, -0.25) is 0 Å². The average Bonchev–Trinajstić information content (AvgIpc) is 2.06. The molecule has 0 amide bonds. The first kappa shape index (κ1) is 11.0. The van der Waals surface area contributed by atoms with Crippen LogP contribution in [0.3, 0.4) is 0 Å². The van der Waals surface area contributed by atoms with E-state index in [4.69, 9.17) is 5.73 Å². The molecular formula is C11H17FN2. The number of anilines is 1. The van der Waals surface area contributed by atoms with Crippen molar-refractivity contribution in [2.75, 3.05) is 5.32 Å². The molecule has 2 nitrogen and oxygen atoms in total. The maximum absolute atomic E-state index is 13.4. The van der Waals surface area contributed by atoms with E-state index in [0.717, 1.165) is 5.56 Å². The Morgan fingerprint density at radius 2 is 2.00 bits per heavy atom.